The molecule has 6 heteroatoms. The van der Waals surface area contributed by atoms with Gasteiger partial charge in [-0.1, -0.05) is 23.9 Å². The second-order valence-electron chi connectivity index (χ2n) is 5.33. The van der Waals surface area contributed by atoms with E-state index in [9.17, 15) is 0 Å². The summed E-state index contributed by atoms with van der Waals surface area (Å²) >= 11 is 1.52. The van der Waals surface area contributed by atoms with E-state index in [0.717, 1.165) is 39.3 Å². The number of imidazole rings is 1. The van der Waals surface area contributed by atoms with Crippen molar-refractivity contribution in [3.05, 3.63) is 60.6 Å². The SMILES string of the molecule is CSc1nccc(-c2c(-c3cccc(C)n3)nc3ccccn23)n1. The molecule has 5 nitrogen and oxygen atoms in total. The van der Waals surface area contributed by atoms with Crippen LogP contribution in [-0.2, 0) is 0 Å². The fraction of sp³-hybridized carbons (Fsp3) is 0.111. The molecule has 0 N–H and O–H groups in total. The van der Waals surface area contributed by atoms with Crippen LogP contribution in [0.2, 0.25) is 0 Å². The summed E-state index contributed by atoms with van der Waals surface area (Å²) in [6, 6.07) is 13.8. The number of thioether (sulfide) groups is 1. The molecule has 0 radical (unpaired) electrons. The number of hydrogen-bond donors (Lipinski definition) is 0. The number of rotatable bonds is 3. The number of fused-ring (bicyclic) bond motifs is 1. The Morgan fingerprint density at radius 3 is 2.67 bits per heavy atom. The molecule has 0 bridgehead atoms. The third kappa shape index (κ3) is 2.55. The summed E-state index contributed by atoms with van der Waals surface area (Å²) in [7, 11) is 0. The molecule has 0 saturated carbocycles. The third-order valence-electron chi connectivity index (χ3n) is 3.72. The highest BCUT2D eigenvalue weighted by Crippen LogP contribution is 2.31. The van der Waals surface area contributed by atoms with Gasteiger partial charge in [0.2, 0.25) is 0 Å². The van der Waals surface area contributed by atoms with Crippen LogP contribution in [0, 0.1) is 6.92 Å². The number of pyridine rings is 2. The van der Waals surface area contributed by atoms with E-state index < -0.39 is 0 Å². The Morgan fingerprint density at radius 2 is 1.83 bits per heavy atom. The van der Waals surface area contributed by atoms with Crippen molar-refractivity contribution < 1.29 is 0 Å². The van der Waals surface area contributed by atoms with E-state index in [-0.39, 0.29) is 0 Å². The quantitative estimate of drug-likeness (QED) is 0.420. The maximum absolute atomic E-state index is 4.79. The average Bonchev–Trinajstić information content (AvgIpc) is 3.01. The largest absolute Gasteiger partial charge is 0.298 e. The van der Waals surface area contributed by atoms with E-state index in [1.807, 2.05) is 66.2 Å². The summed E-state index contributed by atoms with van der Waals surface area (Å²) in [6.07, 6.45) is 5.75. The van der Waals surface area contributed by atoms with Crippen LogP contribution in [-0.4, -0.2) is 30.6 Å². The molecule has 0 spiro atoms. The van der Waals surface area contributed by atoms with E-state index in [4.69, 9.17) is 4.98 Å². The van der Waals surface area contributed by atoms with Crippen molar-refractivity contribution in [1.29, 1.82) is 0 Å². The Balaban J connectivity index is 2.03. The van der Waals surface area contributed by atoms with Gasteiger partial charge in [-0.25, -0.2) is 15.0 Å². The Bertz CT molecular complexity index is 1020. The van der Waals surface area contributed by atoms with Crippen LogP contribution in [0.3, 0.4) is 0 Å². The van der Waals surface area contributed by atoms with Gasteiger partial charge in [-0.15, -0.1) is 0 Å². The highest BCUT2D eigenvalue weighted by atomic mass is 32.2. The van der Waals surface area contributed by atoms with Gasteiger partial charge in [-0.3, -0.25) is 9.38 Å². The first-order chi connectivity index (χ1) is 11.8. The summed E-state index contributed by atoms with van der Waals surface area (Å²) in [4.78, 5) is 18.4. The van der Waals surface area contributed by atoms with Gasteiger partial charge in [-0.2, -0.15) is 0 Å². The van der Waals surface area contributed by atoms with Gasteiger partial charge in [0.05, 0.1) is 11.4 Å². The van der Waals surface area contributed by atoms with E-state index in [1.165, 1.54) is 11.8 Å². The van der Waals surface area contributed by atoms with Crippen molar-refractivity contribution in [3.8, 4) is 22.8 Å². The first-order valence-corrected chi connectivity index (χ1v) is 8.77. The normalized spacial score (nSPS) is 11.1. The minimum atomic E-state index is 0.738. The second kappa shape index (κ2) is 6.05. The Morgan fingerprint density at radius 1 is 0.917 bits per heavy atom. The molecule has 0 aromatic carbocycles. The molecule has 0 amide bonds. The number of hydrogen-bond acceptors (Lipinski definition) is 5. The minimum absolute atomic E-state index is 0.738. The maximum Gasteiger partial charge on any atom is 0.187 e. The van der Waals surface area contributed by atoms with Crippen molar-refractivity contribution >= 4 is 17.4 Å². The molecule has 0 fully saturated rings. The standard InChI is InChI=1S/C18H15N5S/c1-12-6-5-7-13(20-12)16-17(14-9-10-19-18(21-14)24-2)23-11-4-3-8-15(23)22-16/h3-11H,1-2H3. The summed E-state index contributed by atoms with van der Waals surface area (Å²) in [5.41, 5.74) is 5.28. The highest BCUT2D eigenvalue weighted by Gasteiger charge is 2.18. The first kappa shape index (κ1) is 14.8. The van der Waals surface area contributed by atoms with Crippen molar-refractivity contribution in [2.75, 3.05) is 6.26 Å². The first-order valence-electron chi connectivity index (χ1n) is 7.55. The van der Waals surface area contributed by atoms with E-state index in [0.29, 0.717) is 0 Å². The van der Waals surface area contributed by atoms with Gasteiger partial charge in [0.15, 0.2) is 5.16 Å². The lowest BCUT2D eigenvalue weighted by Crippen LogP contribution is -1.95. The lowest BCUT2D eigenvalue weighted by Gasteiger charge is -2.06. The maximum atomic E-state index is 4.79. The molecular formula is C18H15N5S. The molecule has 0 saturated heterocycles. The molecule has 0 aliphatic carbocycles. The van der Waals surface area contributed by atoms with Crippen LogP contribution in [0.5, 0.6) is 0 Å². The predicted molar refractivity (Wildman–Crippen MR) is 96.0 cm³/mol. The van der Waals surface area contributed by atoms with Crippen LogP contribution in [0.1, 0.15) is 5.69 Å². The molecule has 0 aliphatic rings. The summed E-state index contributed by atoms with van der Waals surface area (Å²) in [5.74, 6) is 0. The Labute approximate surface area is 143 Å². The molecule has 0 atom stereocenters. The highest BCUT2D eigenvalue weighted by molar-refractivity contribution is 7.98. The molecule has 0 unspecified atom stereocenters. The fourth-order valence-corrected chi connectivity index (χ4v) is 3.02. The fourth-order valence-electron chi connectivity index (χ4n) is 2.67. The molecule has 4 heterocycles. The summed E-state index contributed by atoms with van der Waals surface area (Å²) in [6.45, 7) is 1.98. The van der Waals surface area contributed by atoms with Crippen LogP contribution in [0.15, 0.2) is 60.0 Å². The molecule has 4 aromatic rings. The van der Waals surface area contributed by atoms with Gasteiger partial charge in [-0.05, 0) is 43.5 Å². The lowest BCUT2D eigenvalue weighted by molar-refractivity contribution is 0.968. The van der Waals surface area contributed by atoms with Crippen LogP contribution in [0.4, 0.5) is 0 Å². The van der Waals surface area contributed by atoms with E-state index in [2.05, 4.69) is 15.0 Å². The zero-order chi connectivity index (χ0) is 16.5. The molecular weight excluding hydrogens is 318 g/mol. The van der Waals surface area contributed by atoms with Gasteiger partial charge >= 0.3 is 0 Å². The molecule has 118 valence electrons. The second-order valence-corrected chi connectivity index (χ2v) is 6.10. The van der Waals surface area contributed by atoms with Crippen molar-refractivity contribution in [2.24, 2.45) is 0 Å². The van der Waals surface area contributed by atoms with Crippen LogP contribution in [0.25, 0.3) is 28.4 Å². The van der Waals surface area contributed by atoms with Gasteiger partial charge in [0.25, 0.3) is 0 Å². The van der Waals surface area contributed by atoms with Gasteiger partial charge in [0.1, 0.15) is 17.0 Å². The molecule has 4 aromatic heterocycles. The Kier molecular flexibility index (Phi) is 3.74. The van der Waals surface area contributed by atoms with Crippen molar-refractivity contribution in [3.63, 3.8) is 0 Å². The zero-order valence-electron chi connectivity index (χ0n) is 13.3. The van der Waals surface area contributed by atoms with Crippen molar-refractivity contribution in [2.45, 2.75) is 12.1 Å². The third-order valence-corrected chi connectivity index (χ3v) is 4.28. The van der Waals surface area contributed by atoms with Crippen LogP contribution >= 0.6 is 11.8 Å². The molecule has 0 aliphatic heterocycles. The summed E-state index contributed by atoms with van der Waals surface area (Å²) < 4.78 is 2.05. The number of nitrogens with zero attached hydrogens (tertiary/aromatic N) is 5. The molecule has 4 rings (SSSR count). The topological polar surface area (TPSA) is 56.0 Å². The lowest BCUT2D eigenvalue weighted by atomic mass is 10.1. The monoisotopic (exact) mass is 333 g/mol. The van der Waals surface area contributed by atoms with Gasteiger partial charge < -0.3 is 0 Å². The van der Waals surface area contributed by atoms with Crippen molar-refractivity contribution in [1.82, 2.24) is 24.3 Å². The zero-order valence-corrected chi connectivity index (χ0v) is 14.2. The van der Waals surface area contributed by atoms with Gasteiger partial charge in [0, 0.05) is 18.1 Å². The molecule has 24 heavy (non-hydrogen) atoms. The predicted octanol–water partition coefficient (Wildman–Crippen LogP) is 3.88. The number of aromatic nitrogens is 5. The smallest absolute Gasteiger partial charge is 0.187 e. The summed E-state index contributed by atoms with van der Waals surface area (Å²) in [5, 5.41) is 0.738. The van der Waals surface area contributed by atoms with Crippen LogP contribution < -0.4 is 0 Å². The van der Waals surface area contributed by atoms with E-state index in [1.54, 1.807) is 6.20 Å². The minimum Gasteiger partial charge on any atom is -0.298 e. The Hall–Kier alpha value is -2.73. The number of aryl methyl sites for hydroxylation is 1. The van der Waals surface area contributed by atoms with E-state index >= 15 is 0 Å². The average molecular weight is 333 g/mol.